The van der Waals surface area contributed by atoms with E-state index in [0.29, 0.717) is 80.4 Å². The van der Waals surface area contributed by atoms with Crippen molar-refractivity contribution in [1.29, 1.82) is 0 Å². The van der Waals surface area contributed by atoms with Gasteiger partial charge in [-0.25, -0.2) is 4.79 Å². The molecule has 11 heteroatoms. The summed E-state index contributed by atoms with van der Waals surface area (Å²) >= 11 is 6.19. The van der Waals surface area contributed by atoms with Crippen LogP contribution in [0, 0.1) is 17.8 Å². The van der Waals surface area contributed by atoms with Gasteiger partial charge in [0.05, 0.1) is 23.8 Å². The number of benzene rings is 2. The molecule has 0 amide bonds. The second-order valence-corrected chi connectivity index (χ2v) is 19.0. The van der Waals surface area contributed by atoms with E-state index in [9.17, 15) is 14.4 Å². The minimum absolute atomic E-state index is 0.0617. The second kappa shape index (κ2) is 15.3. The molecule has 2 aromatic rings. The van der Waals surface area contributed by atoms with E-state index < -0.39 is 58.0 Å². The van der Waals surface area contributed by atoms with Crippen molar-refractivity contribution < 1.29 is 47.6 Å². The molecule has 0 aromatic heterocycles. The lowest BCUT2D eigenvalue weighted by atomic mass is 9.52. The number of hydrogen-bond donors (Lipinski definition) is 0. The first kappa shape index (κ1) is 43.5. The zero-order valence-electron chi connectivity index (χ0n) is 37.4. The molecule has 0 radical (unpaired) electrons. The Morgan fingerprint density at radius 2 is 1.60 bits per heavy atom. The maximum absolute atomic E-state index is 15.8. The molecule has 6 unspecified atom stereocenters. The number of carbonyl (C=O) groups is 4. The van der Waals surface area contributed by atoms with Gasteiger partial charge in [0.15, 0.2) is 28.5 Å². The molecule has 2 aliphatic carbocycles. The molecule has 4 aliphatic heterocycles. The molecule has 1 saturated heterocycles. The monoisotopic (exact) mass is 862 g/mol. The Labute approximate surface area is 368 Å². The van der Waals surface area contributed by atoms with Gasteiger partial charge >= 0.3 is 11.9 Å². The van der Waals surface area contributed by atoms with Crippen molar-refractivity contribution in [3.63, 3.8) is 0 Å². The minimum atomic E-state index is -1.74. The van der Waals surface area contributed by atoms with E-state index in [0.717, 1.165) is 12.0 Å². The number of ether oxygens (including phenoxy) is 6. The summed E-state index contributed by atoms with van der Waals surface area (Å²) in [4.78, 5) is 56.9. The van der Waals surface area contributed by atoms with Crippen molar-refractivity contribution >= 4 is 52.7 Å². The Bertz CT molecular complexity index is 2540. The SMILES string of the molecule is COC(=O)/C(C)=C\CC12OC(C)(C)C(C)C13Oc1c(CC=C(C)C)c4c(c(OC(=O)CCl)c1C1=C3C(C3=C(O1)c1ccccc1C3=O)C(C)C2=O)C=CC(C)(CCC=C(C)C)O4. The minimum Gasteiger partial charge on any atom is -0.482 e. The molecule has 8 rings (SSSR count). The van der Waals surface area contributed by atoms with Gasteiger partial charge in [-0.1, -0.05) is 67.5 Å². The van der Waals surface area contributed by atoms with Crippen molar-refractivity contribution in [3.05, 3.63) is 104 Å². The molecule has 4 heterocycles. The molecule has 0 bridgehead atoms. The summed E-state index contributed by atoms with van der Waals surface area (Å²) in [5, 5.41) is 0. The predicted molar refractivity (Wildman–Crippen MR) is 237 cm³/mol. The van der Waals surface area contributed by atoms with Gasteiger partial charge in [0, 0.05) is 52.0 Å². The Kier molecular flexibility index (Phi) is 10.7. The van der Waals surface area contributed by atoms with E-state index in [4.69, 9.17) is 40.0 Å². The first-order chi connectivity index (χ1) is 29.3. The molecule has 2 aromatic carbocycles. The van der Waals surface area contributed by atoms with Gasteiger partial charge in [-0.05, 0) is 86.8 Å². The van der Waals surface area contributed by atoms with Crippen LogP contribution in [0.1, 0.15) is 121 Å². The van der Waals surface area contributed by atoms with E-state index in [2.05, 4.69) is 26.0 Å². The number of allylic oxidation sites excluding steroid dienone is 5. The van der Waals surface area contributed by atoms with E-state index >= 15 is 4.79 Å². The number of carbonyl (C=O) groups excluding carboxylic acids is 4. The fourth-order valence-electron chi connectivity index (χ4n) is 10.5. The molecule has 1 saturated carbocycles. The summed E-state index contributed by atoms with van der Waals surface area (Å²) in [6.45, 7) is 19.5. The third-order valence-electron chi connectivity index (χ3n) is 13.7. The van der Waals surface area contributed by atoms with Gasteiger partial charge in [-0.15, -0.1) is 11.6 Å². The van der Waals surface area contributed by atoms with Crippen LogP contribution in [0.5, 0.6) is 17.2 Å². The number of rotatable bonds is 10. The predicted octanol–water partition coefficient (Wildman–Crippen LogP) is 10.3. The zero-order chi connectivity index (χ0) is 44.8. The van der Waals surface area contributed by atoms with Gasteiger partial charge in [-0.3, -0.25) is 14.4 Å². The number of esters is 2. The normalized spacial score (nSPS) is 28.3. The van der Waals surface area contributed by atoms with Gasteiger partial charge < -0.3 is 28.4 Å². The van der Waals surface area contributed by atoms with Crippen LogP contribution in [0.3, 0.4) is 0 Å². The zero-order valence-corrected chi connectivity index (χ0v) is 38.2. The molecule has 6 atom stereocenters. The van der Waals surface area contributed by atoms with Gasteiger partial charge in [0.2, 0.25) is 0 Å². The van der Waals surface area contributed by atoms with E-state index in [-0.39, 0.29) is 23.7 Å². The molecule has 10 nitrogen and oxygen atoms in total. The van der Waals surface area contributed by atoms with Crippen LogP contribution in [0.25, 0.3) is 17.6 Å². The molecule has 0 N–H and O–H groups in total. The van der Waals surface area contributed by atoms with E-state index in [1.807, 2.05) is 72.8 Å². The third kappa shape index (κ3) is 6.29. The number of Topliss-reactive ketones (excluding diaryl/α,β-unsaturated/α-hetero) is 2. The quantitative estimate of drug-likeness (QED) is 0.0750. The average molecular weight is 863 g/mol. The summed E-state index contributed by atoms with van der Waals surface area (Å²) in [6, 6.07) is 7.26. The van der Waals surface area contributed by atoms with Gasteiger partial charge in [0.1, 0.15) is 40.1 Å². The third-order valence-corrected chi connectivity index (χ3v) is 14.0. The second-order valence-electron chi connectivity index (χ2n) is 18.7. The molecular formula is C51H55ClO10. The smallest absolute Gasteiger partial charge is 0.333 e. The lowest BCUT2D eigenvalue weighted by Gasteiger charge is -2.57. The maximum Gasteiger partial charge on any atom is 0.333 e. The largest absolute Gasteiger partial charge is 0.482 e. The number of hydrogen-bond acceptors (Lipinski definition) is 10. The molecule has 1 spiro atoms. The molecular weight excluding hydrogens is 808 g/mol. The van der Waals surface area contributed by atoms with E-state index in [1.54, 1.807) is 25.1 Å². The van der Waals surface area contributed by atoms with Crippen LogP contribution >= 0.6 is 11.6 Å². The van der Waals surface area contributed by atoms with Crippen LogP contribution in [-0.2, 0) is 35.0 Å². The molecule has 62 heavy (non-hydrogen) atoms. The van der Waals surface area contributed by atoms with Crippen molar-refractivity contribution in [2.45, 2.75) is 117 Å². The van der Waals surface area contributed by atoms with Gasteiger partial charge in [0.25, 0.3) is 0 Å². The maximum atomic E-state index is 15.8. The number of fused-ring (bicyclic) bond motifs is 6. The van der Waals surface area contributed by atoms with Crippen molar-refractivity contribution in [3.8, 4) is 17.2 Å². The first-order valence-electron chi connectivity index (χ1n) is 21.4. The number of alkyl halides is 1. The van der Waals surface area contributed by atoms with E-state index in [1.165, 1.54) is 12.7 Å². The summed E-state index contributed by atoms with van der Waals surface area (Å²) in [6.07, 6.45) is 11.5. The van der Waals surface area contributed by atoms with Crippen LogP contribution in [0.2, 0.25) is 0 Å². The van der Waals surface area contributed by atoms with Crippen LogP contribution in [0.4, 0.5) is 0 Å². The van der Waals surface area contributed by atoms with Crippen LogP contribution < -0.4 is 14.2 Å². The molecule has 2 fully saturated rings. The number of methoxy groups -OCH3 is 1. The lowest BCUT2D eigenvalue weighted by molar-refractivity contribution is -0.176. The summed E-state index contributed by atoms with van der Waals surface area (Å²) in [5.41, 5.74) is 0.863. The number of halogens is 1. The fraction of sp³-hybridized carbons (Fsp3) is 0.451. The molecule has 6 aliphatic rings. The Morgan fingerprint density at radius 3 is 2.26 bits per heavy atom. The molecule has 326 valence electrons. The standard InChI is InChI=1S/C51H55ClO10/c1-26(2)15-14-22-49(10)23-21-34-41(60-49)33(19-18-27(3)4)44-38(43(34)58-35(53)25-52)45-39-36(37-40(54)31-16-12-13-17-32(31)42(37)59-45)29(6)46(55)50(24-20-28(5)47(56)57-11)51(39,61-44)30(7)48(8,9)62-50/h12-13,15-18,20-21,23,29-30,36H,14,19,22,24-25H2,1-11H3/b28-20-. The lowest BCUT2D eigenvalue weighted by Crippen LogP contribution is -2.70. The van der Waals surface area contributed by atoms with Crippen LogP contribution in [-0.4, -0.2) is 58.9 Å². The van der Waals surface area contributed by atoms with Crippen molar-refractivity contribution in [1.82, 2.24) is 0 Å². The van der Waals surface area contributed by atoms with Crippen molar-refractivity contribution in [2.24, 2.45) is 17.8 Å². The Balaban J connectivity index is 1.51. The average Bonchev–Trinajstić information content (AvgIpc) is 3.61. The highest BCUT2D eigenvalue weighted by Crippen LogP contribution is 2.71. The Hall–Kier alpha value is -5.19. The topological polar surface area (TPSA) is 124 Å². The summed E-state index contributed by atoms with van der Waals surface area (Å²) in [5.74, 6) is -2.89. The van der Waals surface area contributed by atoms with Gasteiger partial charge in [-0.2, -0.15) is 0 Å². The fourth-order valence-corrected chi connectivity index (χ4v) is 10.5. The van der Waals surface area contributed by atoms with Crippen molar-refractivity contribution in [2.75, 3.05) is 13.0 Å². The highest BCUT2D eigenvalue weighted by Gasteiger charge is 2.79. The summed E-state index contributed by atoms with van der Waals surface area (Å²) in [7, 11) is 1.31. The Morgan fingerprint density at radius 1 is 0.903 bits per heavy atom. The van der Waals surface area contributed by atoms with Crippen LogP contribution in [0.15, 0.2) is 76.4 Å². The summed E-state index contributed by atoms with van der Waals surface area (Å²) < 4.78 is 40.7. The highest BCUT2D eigenvalue weighted by atomic mass is 35.5. The first-order valence-corrected chi connectivity index (χ1v) is 21.9. The highest BCUT2D eigenvalue weighted by molar-refractivity contribution is 6.26. The number of ketones is 2.